The molecule has 0 aliphatic rings. The Labute approximate surface area is 91.5 Å². The van der Waals surface area contributed by atoms with E-state index in [2.05, 4.69) is 10.1 Å². The van der Waals surface area contributed by atoms with Gasteiger partial charge < -0.3 is 20.3 Å². The second-order valence-electron chi connectivity index (χ2n) is 3.09. The van der Waals surface area contributed by atoms with Crippen molar-refractivity contribution in [2.45, 2.75) is 12.7 Å². The number of benzene rings is 1. The van der Waals surface area contributed by atoms with Gasteiger partial charge in [0.2, 0.25) is 0 Å². The average molecular weight is 233 g/mol. The van der Waals surface area contributed by atoms with Gasteiger partial charge in [-0.15, -0.1) is 0 Å². The minimum atomic E-state index is -2.90. The van der Waals surface area contributed by atoms with E-state index in [4.69, 9.17) is 10.2 Å². The smallest absolute Gasteiger partial charge is 0.387 e. The van der Waals surface area contributed by atoms with Crippen molar-refractivity contribution in [3.8, 4) is 5.75 Å². The Hall–Kier alpha value is -1.40. The molecule has 4 nitrogen and oxygen atoms in total. The highest BCUT2D eigenvalue weighted by Crippen LogP contribution is 2.25. The lowest BCUT2D eigenvalue weighted by Crippen LogP contribution is -2.23. The van der Waals surface area contributed by atoms with Gasteiger partial charge in [-0.25, -0.2) is 0 Å². The Morgan fingerprint density at radius 2 is 2.00 bits per heavy atom. The van der Waals surface area contributed by atoms with Gasteiger partial charge in [0, 0.05) is 6.54 Å². The third-order valence-electron chi connectivity index (χ3n) is 1.84. The zero-order chi connectivity index (χ0) is 12.0. The fourth-order valence-corrected chi connectivity index (χ4v) is 1.10. The third-order valence-corrected chi connectivity index (χ3v) is 1.84. The molecule has 0 radical (unpaired) electrons. The fourth-order valence-electron chi connectivity index (χ4n) is 1.10. The molecular weight excluding hydrogens is 220 g/mol. The molecule has 0 bridgehead atoms. The van der Waals surface area contributed by atoms with Gasteiger partial charge in [0.05, 0.1) is 18.4 Å². The SMILES string of the molecule is OCC(O)CNc1ccccc1OC(F)F. The van der Waals surface area contributed by atoms with Crippen LogP contribution in [-0.2, 0) is 0 Å². The highest BCUT2D eigenvalue weighted by atomic mass is 19.3. The zero-order valence-corrected chi connectivity index (χ0v) is 8.44. The molecule has 0 aliphatic heterocycles. The van der Waals surface area contributed by atoms with E-state index in [1.54, 1.807) is 18.2 Å². The molecule has 0 saturated carbocycles. The Bertz CT molecular complexity index is 323. The molecule has 0 heterocycles. The summed E-state index contributed by atoms with van der Waals surface area (Å²) in [7, 11) is 0. The van der Waals surface area contributed by atoms with Gasteiger partial charge in [-0.3, -0.25) is 0 Å². The molecule has 0 fully saturated rings. The fraction of sp³-hybridized carbons (Fsp3) is 0.400. The number of halogens is 2. The van der Waals surface area contributed by atoms with Gasteiger partial charge >= 0.3 is 6.61 Å². The number of para-hydroxylation sites is 2. The minimum Gasteiger partial charge on any atom is -0.433 e. The van der Waals surface area contributed by atoms with Crippen LogP contribution in [0.25, 0.3) is 0 Å². The lowest BCUT2D eigenvalue weighted by atomic mass is 10.2. The highest BCUT2D eigenvalue weighted by molar-refractivity contribution is 5.56. The molecule has 1 rings (SSSR count). The minimum absolute atomic E-state index is 0.00244. The first-order chi connectivity index (χ1) is 7.63. The predicted molar refractivity (Wildman–Crippen MR) is 54.7 cm³/mol. The summed E-state index contributed by atoms with van der Waals surface area (Å²) in [6, 6.07) is 6.14. The number of alkyl halides is 2. The largest absolute Gasteiger partial charge is 0.433 e. The number of rotatable bonds is 6. The quantitative estimate of drug-likeness (QED) is 0.687. The van der Waals surface area contributed by atoms with Crippen LogP contribution in [0, 0.1) is 0 Å². The summed E-state index contributed by atoms with van der Waals surface area (Å²) in [4.78, 5) is 0. The lowest BCUT2D eigenvalue weighted by molar-refractivity contribution is -0.0493. The second kappa shape index (κ2) is 6.24. The van der Waals surface area contributed by atoms with Crippen LogP contribution >= 0.6 is 0 Å². The summed E-state index contributed by atoms with van der Waals surface area (Å²) in [6.07, 6.45) is -0.945. The molecule has 0 aromatic heterocycles. The van der Waals surface area contributed by atoms with Crippen molar-refractivity contribution >= 4 is 5.69 Å². The maximum absolute atomic E-state index is 12.0. The monoisotopic (exact) mass is 233 g/mol. The van der Waals surface area contributed by atoms with Crippen molar-refractivity contribution in [3.05, 3.63) is 24.3 Å². The molecular formula is C10H13F2NO3. The highest BCUT2D eigenvalue weighted by Gasteiger charge is 2.09. The first kappa shape index (κ1) is 12.7. The van der Waals surface area contributed by atoms with Crippen LogP contribution in [0.2, 0.25) is 0 Å². The van der Waals surface area contributed by atoms with Crippen LogP contribution in [0.5, 0.6) is 5.75 Å². The van der Waals surface area contributed by atoms with E-state index < -0.39 is 19.3 Å². The predicted octanol–water partition coefficient (Wildman–Crippen LogP) is 1.05. The van der Waals surface area contributed by atoms with Crippen LogP contribution in [-0.4, -0.2) is 36.1 Å². The van der Waals surface area contributed by atoms with Gasteiger partial charge in [-0.05, 0) is 12.1 Å². The molecule has 0 amide bonds. The van der Waals surface area contributed by atoms with Crippen LogP contribution in [0.4, 0.5) is 14.5 Å². The Kier molecular flexibility index (Phi) is 4.94. The van der Waals surface area contributed by atoms with Crippen LogP contribution < -0.4 is 10.1 Å². The van der Waals surface area contributed by atoms with Gasteiger partial charge in [0.15, 0.2) is 0 Å². The van der Waals surface area contributed by atoms with E-state index in [1.165, 1.54) is 6.07 Å². The number of ether oxygens (including phenoxy) is 1. The Balaban J connectivity index is 2.63. The molecule has 90 valence electrons. The number of aliphatic hydroxyl groups is 2. The summed E-state index contributed by atoms with van der Waals surface area (Å²) in [5, 5.41) is 20.4. The van der Waals surface area contributed by atoms with Crippen molar-refractivity contribution in [1.82, 2.24) is 0 Å². The van der Waals surface area contributed by atoms with Gasteiger partial charge in [-0.2, -0.15) is 8.78 Å². The van der Waals surface area contributed by atoms with Gasteiger partial charge in [0.25, 0.3) is 0 Å². The van der Waals surface area contributed by atoms with Crippen molar-refractivity contribution < 1.29 is 23.7 Å². The van der Waals surface area contributed by atoms with E-state index in [0.29, 0.717) is 5.69 Å². The number of aliphatic hydroxyl groups excluding tert-OH is 2. The zero-order valence-electron chi connectivity index (χ0n) is 8.44. The Morgan fingerprint density at radius 3 is 2.62 bits per heavy atom. The van der Waals surface area contributed by atoms with Gasteiger partial charge in [0.1, 0.15) is 5.75 Å². The maximum atomic E-state index is 12.0. The molecule has 1 atom stereocenters. The van der Waals surface area contributed by atoms with Crippen molar-refractivity contribution in [2.24, 2.45) is 0 Å². The van der Waals surface area contributed by atoms with E-state index in [1.807, 2.05) is 0 Å². The summed E-state index contributed by atoms with van der Waals surface area (Å²) in [5.74, 6) is 0.00244. The number of hydrogen-bond donors (Lipinski definition) is 3. The van der Waals surface area contributed by atoms with E-state index in [0.717, 1.165) is 0 Å². The van der Waals surface area contributed by atoms with Crippen molar-refractivity contribution in [3.63, 3.8) is 0 Å². The van der Waals surface area contributed by atoms with Crippen molar-refractivity contribution in [2.75, 3.05) is 18.5 Å². The van der Waals surface area contributed by atoms with Crippen LogP contribution in [0.3, 0.4) is 0 Å². The molecule has 16 heavy (non-hydrogen) atoms. The molecule has 6 heteroatoms. The van der Waals surface area contributed by atoms with E-state index in [-0.39, 0.29) is 12.3 Å². The average Bonchev–Trinajstić information content (AvgIpc) is 2.26. The maximum Gasteiger partial charge on any atom is 0.387 e. The molecule has 0 spiro atoms. The van der Waals surface area contributed by atoms with Crippen molar-refractivity contribution in [1.29, 1.82) is 0 Å². The summed E-state index contributed by atoms with van der Waals surface area (Å²) in [5.41, 5.74) is 0.343. The number of hydrogen-bond acceptors (Lipinski definition) is 4. The standard InChI is InChI=1S/C10H13F2NO3/c11-10(12)16-9-4-2-1-3-8(9)13-5-7(15)6-14/h1-4,7,10,13-15H,5-6H2. The summed E-state index contributed by atoms with van der Waals surface area (Å²) in [6.45, 7) is -3.24. The number of anilines is 1. The third kappa shape index (κ3) is 4.00. The van der Waals surface area contributed by atoms with E-state index in [9.17, 15) is 8.78 Å². The lowest BCUT2D eigenvalue weighted by Gasteiger charge is -2.14. The molecule has 1 unspecified atom stereocenters. The Morgan fingerprint density at radius 1 is 1.31 bits per heavy atom. The summed E-state index contributed by atoms with van der Waals surface area (Å²) >= 11 is 0. The molecule has 0 aliphatic carbocycles. The molecule has 0 saturated heterocycles. The molecule has 1 aromatic rings. The second-order valence-corrected chi connectivity index (χ2v) is 3.09. The van der Waals surface area contributed by atoms with Crippen LogP contribution in [0.1, 0.15) is 0 Å². The first-order valence-electron chi connectivity index (χ1n) is 4.70. The molecule has 3 N–H and O–H groups in total. The topological polar surface area (TPSA) is 61.7 Å². The molecule has 1 aromatic carbocycles. The normalized spacial score (nSPS) is 12.6. The first-order valence-corrected chi connectivity index (χ1v) is 4.70. The summed E-state index contributed by atoms with van der Waals surface area (Å²) < 4.78 is 28.3. The van der Waals surface area contributed by atoms with Crippen LogP contribution in [0.15, 0.2) is 24.3 Å². The van der Waals surface area contributed by atoms with E-state index >= 15 is 0 Å². The number of nitrogens with one attached hydrogen (secondary N) is 1. The van der Waals surface area contributed by atoms with Gasteiger partial charge in [-0.1, -0.05) is 12.1 Å².